The van der Waals surface area contributed by atoms with Gasteiger partial charge in [-0.3, -0.25) is 4.90 Å². The molecule has 1 N–H and O–H groups in total. The highest BCUT2D eigenvalue weighted by Crippen LogP contribution is 2.38. The first-order valence-corrected chi connectivity index (χ1v) is 9.46. The SMILES string of the molecule is CN1[C@@H]2C[C@@H](OC(=O)c3ccccc3)C[C@H]1[C@H](O)[C@@H]2OC(=O)c1ccccc1. The molecule has 2 aromatic carbocycles. The quantitative estimate of drug-likeness (QED) is 0.819. The van der Waals surface area contributed by atoms with Gasteiger partial charge < -0.3 is 14.6 Å². The van der Waals surface area contributed by atoms with Crippen LogP contribution in [0.2, 0.25) is 0 Å². The highest BCUT2D eigenvalue weighted by Gasteiger charge is 2.54. The molecule has 6 heteroatoms. The Bertz CT molecular complexity index is 841. The minimum atomic E-state index is -0.817. The van der Waals surface area contributed by atoms with E-state index in [0.29, 0.717) is 24.0 Å². The monoisotopic (exact) mass is 381 g/mol. The molecule has 6 nitrogen and oxygen atoms in total. The maximum atomic E-state index is 12.4. The third kappa shape index (κ3) is 3.53. The van der Waals surface area contributed by atoms with Crippen molar-refractivity contribution in [2.75, 3.05) is 7.05 Å². The van der Waals surface area contributed by atoms with E-state index in [0.717, 1.165) is 0 Å². The standard InChI is InChI=1S/C22H23NO5/c1-23-17-12-16(27-21(25)14-8-4-2-5-9-14)13-18(23)20(19(17)24)28-22(26)15-10-6-3-7-11-15/h2-11,16-20,24H,12-13H2,1H3/t16-,17-,18+,19-,20+/m0/s1. The Hall–Kier alpha value is -2.70. The number of fused-ring (bicyclic) bond motifs is 2. The Morgan fingerprint density at radius 2 is 1.36 bits per heavy atom. The number of rotatable bonds is 4. The van der Waals surface area contributed by atoms with Crippen LogP contribution >= 0.6 is 0 Å². The predicted molar refractivity (Wildman–Crippen MR) is 102 cm³/mol. The van der Waals surface area contributed by atoms with Gasteiger partial charge in [-0.2, -0.15) is 0 Å². The minimum absolute atomic E-state index is 0.199. The third-order valence-electron chi connectivity index (χ3n) is 5.70. The van der Waals surface area contributed by atoms with Crippen molar-refractivity contribution < 1.29 is 24.2 Å². The van der Waals surface area contributed by atoms with Crippen molar-refractivity contribution in [3.63, 3.8) is 0 Å². The number of aliphatic hydroxyl groups excluding tert-OH is 1. The van der Waals surface area contributed by atoms with Gasteiger partial charge in [0.15, 0.2) is 0 Å². The number of carbonyl (C=O) groups is 2. The van der Waals surface area contributed by atoms with E-state index in [-0.39, 0.29) is 24.2 Å². The summed E-state index contributed by atoms with van der Waals surface area (Å²) >= 11 is 0. The molecular formula is C22H23NO5. The molecule has 0 radical (unpaired) electrons. The molecular weight excluding hydrogens is 358 g/mol. The van der Waals surface area contributed by atoms with Gasteiger partial charge >= 0.3 is 11.9 Å². The Labute approximate surface area is 163 Å². The summed E-state index contributed by atoms with van der Waals surface area (Å²) < 4.78 is 11.3. The number of aliphatic hydroxyl groups is 1. The zero-order valence-electron chi connectivity index (χ0n) is 15.6. The second-order valence-electron chi connectivity index (χ2n) is 7.39. The maximum Gasteiger partial charge on any atom is 0.338 e. The second kappa shape index (κ2) is 7.73. The number of hydrogen-bond donors (Lipinski definition) is 1. The fraction of sp³-hybridized carbons (Fsp3) is 0.364. The molecule has 2 aliphatic rings. The fourth-order valence-electron chi connectivity index (χ4n) is 4.21. The lowest BCUT2D eigenvalue weighted by atomic mass is 10.00. The van der Waals surface area contributed by atoms with Crippen LogP contribution in [-0.4, -0.2) is 59.4 Å². The van der Waals surface area contributed by atoms with E-state index >= 15 is 0 Å². The molecule has 2 heterocycles. The van der Waals surface area contributed by atoms with Gasteiger partial charge in [0.25, 0.3) is 0 Å². The van der Waals surface area contributed by atoms with E-state index in [4.69, 9.17) is 9.47 Å². The Balaban J connectivity index is 1.45. The maximum absolute atomic E-state index is 12.4. The molecule has 28 heavy (non-hydrogen) atoms. The normalized spacial score (nSPS) is 29.3. The lowest BCUT2D eigenvalue weighted by Gasteiger charge is -2.36. The first kappa shape index (κ1) is 18.7. The minimum Gasteiger partial charge on any atom is -0.459 e. The van der Waals surface area contributed by atoms with Crippen LogP contribution in [0.15, 0.2) is 60.7 Å². The van der Waals surface area contributed by atoms with Gasteiger partial charge in [-0.1, -0.05) is 36.4 Å². The van der Waals surface area contributed by atoms with Crippen molar-refractivity contribution in [2.24, 2.45) is 0 Å². The van der Waals surface area contributed by atoms with Crippen molar-refractivity contribution in [1.82, 2.24) is 4.90 Å². The average molecular weight is 381 g/mol. The molecule has 4 rings (SSSR count). The zero-order valence-corrected chi connectivity index (χ0v) is 15.6. The molecule has 0 aliphatic carbocycles. The van der Waals surface area contributed by atoms with Crippen molar-refractivity contribution in [3.05, 3.63) is 71.8 Å². The molecule has 0 saturated carbocycles. The number of carbonyl (C=O) groups excluding carboxylic acids is 2. The molecule has 2 aromatic rings. The summed E-state index contributed by atoms with van der Waals surface area (Å²) in [5, 5.41) is 10.7. The van der Waals surface area contributed by atoms with Gasteiger partial charge in [-0.25, -0.2) is 9.59 Å². The van der Waals surface area contributed by atoms with Crippen molar-refractivity contribution in [3.8, 4) is 0 Å². The Morgan fingerprint density at radius 3 is 1.93 bits per heavy atom. The van der Waals surface area contributed by atoms with Gasteiger partial charge in [0, 0.05) is 18.9 Å². The van der Waals surface area contributed by atoms with Gasteiger partial charge in [0.05, 0.1) is 17.2 Å². The summed E-state index contributed by atoms with van der Waals surface area (Å²) in [5.74, 6) is -0.828. The van der Waals surface area contributed by atoms with Crippen LogP contribution < -0.4 is 0 Å². The number of hydrogen-bond acceptors (Lipinski definition) is 6. The Morgan fingerprint density at radius 1 is 0.857 bits per heavy atom. The van der Waals surface area contributed by atoms with Crippen molar-refractivity contribution in [1.29, 1.82) is 0 Å². The van der Waals surface area contributed by atoms with E-state index in [1.807, 2.05) is 24.1 Å². The Kier molecular flexibility index (Phi) is 5.15. The summed E-state index contributed by atoms with van der Waals surface area (Å²) in [7, 11) is 1.91. The largest absolute Gasteiger partial charge is 0.459 e. The molecule has 0 aromatic heterocycles. The average Bonchev–Trinajstić information content (AvgIpc) is 2.85. The van der Waals surface area contributed by atoms with Crippen molar-refractivity contribution in [2.45, 2.75) is 43.2 Å². The lowest BCUT2D eigenvalue weighted by molar-refractivity contribution is -0.0173. The van der Waals surface area contributed by atoms with Crippen LogP contribution in [0.1, 0.15) is 33.6 Å². The molecule has 2 aliphatic heterocycles. The number of esters is 2. The van der Waals surface area contributed by atoms with Gasteiger partial charge in [-0.05, 0) is 31.3 Å². The summed E-state index contributed by atoms with van der Waals surface area (Å²) in [6, 6.07) is 17.2. The molecule has 2 saturated heterocycles. The first-order valence-electron chi connectivity index (χ1n) is 9.46. The smallest absolute Gasteiger partial charge is 0.338 e. The van der Waals surface area contributed by atoms with Crippen LogP contribution in [0.25, 0.3) is 0 Å². The summed E-state index contributed by atoms with van der Waals surface area (Å²) in [6.07, 6.45) is -0.776. The fourth-order valence-corrected chi connectivity index (χ4v) is 4.21. The van der Waals surface area contributed by atoms with E-state index in [1.165, 1.54) is 0 Å². The number of benzene rings is 2. The van der Waals surface area contributed by atoms with Gasteiger partial charge in [-0.15, -0.1) is 0 Å². The summed E-state index contributed by atoms with van der Waals surface area (Å²) in [5.41, 5.74) is 0.951. The second-order valence-corrected chi connectivity index (χ2v) is 7.39. The van der Waals surface area contributed by atoms with Crippen molar-refractivity contribution >= 4 is 11.9 Å². The highest BCUT2D eigenvalue weighted by molar-refractivity contribution is 5.90. The topological polar surface area (TPSA) is 76.1 Å². The van der Waals surface area contributed by atoms with Crippen LogP contribution in [0, 0.1) is 0 Å². The lowest BCUT2D eigenvalue weighted by Crippen LogP contribution is -2.46. The van der Waals surface area contributed by atoms with Crippen LogP contribution in [-0.2, 0) is 9.47 Å². The highest BCUT2D eigenvalue weighted by atomic mass is 16.6. The number of likely N-dealkylation sites (N-methyl/N-ethyl adjacent to an activating group) is 1. The summed E-state index contributed by atoms with van der Waals surface area (Å²) in [4.78, 5) is 26.8. The number of piperidine rings is 1. The van der Waals surface area contributed by atoms with Gasteiger partial charge in [0.2, 0.25) is 0 Å². The van der Waals surface area contributed by atoms with Crippen LogP contribution in [0.4, 0.5) is 0 Å². The predicted octanol–water partition coefficient (Wildman–Crippen LogP) is 2.27. The zero-order chi connectivity index (χ0) is 19.7. The molecule has 0 unspecified atom stereocenters. The third-order valence-corrected chi connectivity index (χ3v) is 5.70. The van der Waals surface area contributed by atoms with E-state index in [1.54, 1.807) is 48.5 Å². The first-order chi connectivity index (χ1) is 13.5. The van der Waals surface area contributed by atoms with Gasteiger partial charge in [0.1, 0.15) is 18.3 Å². The van der Waals surface area contributed by atoms with E-state index < -0.39 is 18.2 Å². The molecule has 0 amide bonds. The molecule has 5 atom stereocenters. The van der Waals surface area contributed by atoms with E-state index in [2.05, 4.69) is 0 Å². The molecule has 146 valence electrons. The number of ether oxygens (including phenoxy) is 2. The summed E-state index contributed by atoms with van der Waals surface area (Å²) in [6.45, 7) is 0. The van der Waals surface area contributed by atoms with Crippen LogP contribution in [0.3, 0.4) is 0 Å². The molecule has 2 fully saturated rings. The van der Waals surface area contributed by atoms with Crippen LogP contribution in [0.5, 0.6) is 0 Å². The van der Waals surface area contributed by atoms with E-state index in [9.17, 15) is 14.7 Å². The number of nitrogens with zero attached hydrogens (tertiary/aromatic N) is 1. The molecule has 2 bridgehead atoms. The molecule has 0 spiro atoms.